The number of carbonyl (C=O) groups excluding carboxylic acids is 2. The van der Waals surface area contributed by atoms with E-state index in [1.807, 2.05) is 18.3 Å². The largest absolute Gasteiger partial charge is 0.360 e. The van der Waals surface area contributed by atoms with Crippen LogP contribution in [0.1, 0.15) is 24.5 Å². The minimum Gasteiger partial charge on any atom is -0.360 e. The van der Waals surface area contributed by atoms with E-state index in [0.29, 0.717) is 24.1 Å². The molecule has 0 saturated carbocycles. The van der Waals surface area contributed by atoms with Crippen molar-refractivity contribution in [3.63, 3.8) is 0 Å². The zero-order chi connectivity index (χ0) is 14.6. The maximum absolute atomic E-state index is 12.1. The summed E-state index contributed by atoms with van der Waals surface area (Å²) in [5.41, 5.74) is 2.14. The van der Waals surface area contributed by atoms with Crippen molar-refractivity contribution < 1.29 is 14.1 Å². The summed E-state index contributed by atoms with van der Waals surface area (Å²) in [6, 6.07) is 3.76. The monoisotopic (exact) mass is 347 g/mol. The maximum atomic E-state index is 12.1. The molecule has 0 spiro atoms. The van der Waals surface area contributed by atoms with Crippen LogP contribution in [0.4, 0.5) is 0 Å². The molecule has 2 aromatic heterocycles. The number of fused-ring (bicyclic) bond motifs is 3. The van der Waals surface area contributed by atoms with E-state index in [1.165, 1.54) is 0 Å². The number of amides is 2. The first-order valence-corrected chi connectivity index (χ1v) is 7.33. The van der Waals surface area contributed by atoms with Crippen molar-refractivity contribution in [3.8, 4) is 0 Å². The molecular formula is C14H10BrN3O3. The molecule has 1 aliphatic rings. The van der Waals surface area contributed by atoms with Crippen molar-refractivity contribution in [1.82, 2.24) is 15.5 Å². The van der Waals surface area contributed by atoms with E-state index in [9.17, 15) is 9.59 Å². The molecule has 6 nitrogen and oxygen atoms in total. The molecule has 7 heteroatoms. The number of nitrogens with zero attached hydrogens (tertiary/aromatic N) is 1. The third-order valence-corrected chi connectivity index (χ3v) is 4.45. The molecular weight excluding hydrogens is 338 g/mol. The van der Waals surface area contributed by atoms with Crippen LogP contribution >= 0.6 is 15.9 Å². The molecule has 3 aromatic rings. The van der Waals surface area contributed by atoms with Gasteiger partial charge in [0.1, 0.15) is 5.69 Å². The van der Waals surface area contributed by atoms with Crippen molar-refractivity contribution in [2.24, 2.45) is 0 Å². The SMILES string of the molecule is O=C1CCC(c2noc3cc(Br)c4[nH]ccc4c23)C(=O)N1. The van der Waals surface area contributed by atoms with Gasteiger partial charge in [0.25, 0.3) is 0 Å². The highest BCUT2D eigenvalue weighted by molar-refractivity contribution is 9.10. The molecule has 106 valence electrons. The third kappa shape index (κ3) is 1.80. The Balaban J connectivity index is 1.96. The van der Waals surface area contributed by atoms with Gasteiger partial charge in [-0.05, 0) is 28.4 Å². The fourth-order valence-corrected chi connectivity index (χ4v) is 3.38. The van der Waals surface area contributed by atoms with Crippen molar-refractivity contribution in [2.45, 2.75) is 18.8 Å². The first kappa shape index (κ1) is 12.6. The number of halogens is 1. The van der Waals surface area contributed by atoms with E-state index in [0.717, 1.165) is 20.8 Å². The smallest absolute Gasteiger partial charge is 0.235 e. The van der Waals surface area contributed by atoms with Crippen LogP contribution in [-0.2, 0) is 9.59 Å². The summed E-state index contributed by atoms with van der Waals surface area (Å²) in [5, 5.41) is 8.21. The summed E-state index contributed by atoms with van der Waals surface area (Å²) >= 11 is 3.48. The van der Waals surface area contributed by atoms with Crippen LogP contribution in [0.5, 0.6) is 0 Å². The highest BCUT2D eigenvalue weighted by Crippen LogP contribution is 2.37. The average Bonchev–Trinajstić information content (AvgIpc) is 3.05. The second-order valence-electron chi connectivity index (χ2n) is 5.07. The standard InChI is InChI=1S/C14H10BrN3O3/c15-8-5-9-11(6-3-4-16-12(6)8)13(18-21-9)7-1-2-10(19)17-14(7)20/h3-5,7,16H,1-2H2,(H,17,19,20). The van der Waals surface area contributed by atoms with Gasteiger partial charge in [-0.1, -0.05) is 5.16 Å². The Bertz CT molecular complexity index is 896. The normalized spacial score (nSPS) is 19.4. The summed E-state index contributed by atoms with van der Waals surface area (Å²) in [4.78, 5) is 26.5. The number of nitrogens with one attached hydrogen (secondary N) is 2. The number of imide groups is 1. The molecule has 2 N–H and O–H groups in total. The second-order valence-corrected chi connectivity index (χ2v) is 5.92. The zero-order valence-electron chi connectivity index (χ0n) is 10.8. The van der Waals surface area contributed by atoms with Crippen LogP contribution in [0.15, 0.2) is 27.3 Å². The minimum absolute atomic E-state index is 0.237. The Morgan fingerprint density at radius 2 is 2.24 bits per heavy atom. The fourth-order valence-electron chi connectivity index (χ4n) is 2.84. The van der Waals surface area contributed by atoms with E-state index in [2.05, 4.69) is 31.4 Å². The zero-order valence-corrected chi connectivity index (χ0v) is 12.4. The Labute approximate surface area is 127 Å². The fraction of sp³-hybridized carbons (Fsp3) is 0.214. The first-order chi connectivity index (χ1) is 10.1. The van der Waals surface area contributed by atoms with Crippen molar-refractivity contribution in [1.29, 1.82) is 0 Å². The summed E-state index contributed by atoms with van der Waals surface area (Å²) in [5.74, 6) is -1.00. The Morgan fingerprint density at radius 1 is 1.38 bits per heavy atom. The average molecular weight is 348 g/mol. The lowest BCUT2D eigenvalue weighted by Crippen LogP contribution is -2.39. The Hall–Kier alpha value is -2.15. The molecule has 1 unspecified atom stereocenters. The van der Waals surface area contributed by atoms with Crippen LogP contribution in [0.3, 0.4) is 0 Å². The van der Waals surface area contributed by atoms with Gasteiger partial charge < -0.3 is 9.51 Å². The van der Waals surface area contributed by atoms with Crippen LogP contribution in [0.2, 0.25) is 0 Å². The predicted molar refractivity (Wildman–Crippen MR) is 78.7 cm³/mol. The number of hydrogen-bond donors (Lipinski definition) is 2. The van der Waals surface area contributed by atoms with Gasteiger partial charge in [0, 0.05) is 28.5 Å². The predicted octanol–water partition coefficient (Wildman–Crippen LogP) is 2.59. The van der Waals surface area contributed by atoms with Crippen LogP contribution in [0, 0.1) is 0 Å². The van der Waals surface area contributed by atoms with Crippen LogP contribution in [0.25, 0.3) is 21.9 Å². The van der Waals surface area contributed by atoms with E-state index < -0.39 is 5.92 Å². The molecule has 4 rings (SSSR count). The Morgan fingerprint density at radius 3 is 3.05 bits per heavy atom. The number of carbonyl (C=O) groups is 2. The number of piperidine rings is 1. The van der Waals surface area contributed by atoms with Gasteiger partial charge in [-0.15, -0.1) is 0 Å². The van der Waals surface area contributed by atoms with E-state index in [-0.39, 0.29) is 11.8 Å². The van der Waals surface area contributed by atoms with E-state index in [4.69, 9.17) is 4.52 Å². The summed E-state index contributed by atoms with van der Waals surface area (Å²) in [6.45, 7) is 0. The summed E-state index contributed by atoms with van der Waals surface area (Å²) < 4.78 is 6.25. The molecule has 0 radical (unpaired) electrons. The number of rotatable bonds is 1. The van der Waals surface area contributed by atoms with E-state index >= 15 is 0 Å². The van der Waals surface area contributed by atoms with Crippen molar-refractivity contribution in [3.05, 3.63) is 28.5 Å². The molecule has 3 heterocycles. The second kappa shape index (κ2) is 4.42. The summed E-state index contributed by atoms with van der Waals surface area (Å²) in [7, 11) is 0. The number of benzene rings is 1. The maximum Gasteiger partial charge on any atom is 0.235 e. The van der Waals surface area contributed by atoms with Gasteiger partial charge >= 0.3 is 0 Å². The summed E-state index contributed by atoms with van der Waals surface area (Å²) in [6.07, 6.45) is 2.60. The van der Waals surface area contributed by atoms with E-state index in [1.54, 1.807) is 0 Å². The molecule has 2 amide bonds. The number of aromatic nitrogens is 2. The van der Waals surface area contributed by atoms with Crippen molar-refractivity contribution >= 4 is 49.6 Å². The molecule has 1 aliphatic heterocycles. The third-order valence-electron chi connectivity index (χ3n) is 3.83. The quantitative estimate of drug-likeness (QED) is 0.662. The molecule has 1 saturated heterocycles. The molecule has 21 heavy (non-hydrogen) atoms. The number of H-pyrrole nitrogens is 1. The molecule has 1 fully saturated rings. The minimum atomic E-state index is -0.455. The van der Waals surface area contributed by atoms with Crippen LogP contribution in [-0.4, -0.2) is 22.0 Å². The lowest BCUT2D eigenvalue weighted by Gasteiger charge is -2.18. The lowest BCUT2D eigenvalue weighted by atomic mass is 9.92. The molecule has 0 bridgehead atoms. The number of aromatic amines is 1. The van der Waals surface area contributed by atoms with Gasteiger partial charge in [0.15, 0.2) is 5.58 Å². The van der Waals surface area contributed by atoms with Gasteiger partial charge in [0.05, 0.1) is 16.8 Å². The Kier molecular flexibility index (Phi) is 2.65. The van der Waals surface area contributed by atoms with Crippen LogP contribution < -0.4 is 5.32 Å². The van der Waals surface area contributed by atoms with Gasteiger partial charge in [-0.25, -0.2) is 0 Å². The van der Waals surface area contributed by atoms with Gasteiger partial charge in [-0.2, -0.15) is 0 Å². The van der Waals surface area contributed by atoms with Crippen molar-refractivity contribution in [2.75, 3.05) is 0 Å². The first-order valence-electron chi connectivity index (χ1n) is 6.53. The van der Waals surface area contributed by atoms with Gasteiger partial charge in [0.2, 0.25) is 11.8 Å². The highest BCUT2D eigenvalue weighted by atomic mass is 79.9. The lowest BCUT2D eigenvalue weighted by molar-refractivity contribution is -0.134. The molecule has 1 atom stereocenters. The number of hydrogen-bond acceptors (Lipinski definition) is 4. The highest BCUT2D eigenvalue weighted by Gasteiger charge is 2.32. The molecule has 0 aliphatic carbocycles. The molecule has 1 aromatic carbocycles. The topological polar surface area (TPSA) is 88.0 Å². The van der Waals surface area contributed by atoms with Gasteiger partial charge in [-0.3, -0.25) is 14.9 Å².